The lowest BCUT2D eigenvalue weighted by molar-refractivity contribution is -0.132. The minimum atomic E-state index is -3.92. The molecule has 38 heavy (non-hydrogen) atoms. The average Bonchev–Trinajstić information content (AvgIpc) is 3.33. The third-order valence-corrected chi connectivity index (χ3v) is 7.99. The van der Waals surface area contributed by atoms with Gasteiger partial charge in [-0.25, -0.2) is 8.42 Å². The first kappa shape index (κ1) is 29.2. The van der Waals surface area contributed by atoms with Gasteiger partial charge in [-0.05, 0) is 62.2 Å². The third kappa shape index (κ3) is 7.59. The lowest BCUT2D eigenvalue weighted by Gasteiger charge is -2.27. The smallest absolute Gasteiger partial charge is 0.243 e. The van der Waals surface area contributed by atoms with Crippen molar-refractivity contribution < 1.29 is 31.8 Å². The van der Waals surface area contributed by atoms with E-state index in [2.05, 4.69) is 0 Å². The van der Waals surface area contributed by atoms with Crippen LogP contribution in [-0.4, -0.2) is 71.1 Å². The van der Waals surface area contributed by atoms with Gasteiger partial charge >= 0.3 is 0 Å². The number of amides is 1. The van der Waals surface area contributed by atoms with Crippen LogP contribution < -0.4 is 9.47 Å². The molecule has 1 amide bonds. The molecule has 0 fully saturated rings. The van der Waals surface area contributed by atoms with E-state index in [0.29, 0.717) is 30.2 Å². The zero-order chi connectivity index (χ0) is 27.7. The molecule has 0 aliphatic heterocycles. The largest absolute Gasteiger partial charge is 0.493 e. The number of rotatable bonds is 14. The number of carbonyl (C=O) groups is 1. The van der Waals surface area contributed by atoms with Crippen molar-refractivity contribution in [1.29, 1.82) is 0 Å². The summed E-state index contributed by atoms with van der Waals surface area (Å²) in [7, 11) is 0.716. The van der Waals surface area contributed by atoms with Crippen LogP contribution in [0, 0.1) is 13.8 Å². The first-order valence-electron chi connectivity index (χ1n) is 12.3. The summed E-state index contributed by atoms with van der Waals surface area (Å²) in [5.74, 6) is 2.22. The molecule has 1 heterocycles. The van der Waals surface area contributed by atoms with Gasteiger partial charge in [0.2, 0.25) is 15.9 Å². The van der Waals surface area contributed by atoms with Crippen LogP contribution in [0.4, 0.5) is 0 Å². The van der Waals surface area contributed by atoms with E-state index in [1.165, 1.54) is 11.4 Å². The fraction of sp³-hybridized carbons (Fsp3) is 0.393. The first-order valence-corrected chi connectivity index (χ1v) is 13.7. The number of hydrogen-bond acceptors (Lipinski definition) is 7. The minimum Gasteiger partial charge on any atom is -0.493 e. The molecule has 10 heteroatoms. The molecule has 0 unspecified atom stereocenters. The second-order valence-electron chi connectivity index (χ2n) is 8.91. The molecule has 3 rings (SSSR count). The van der Waals surface area contributed by atoms with Crippen LogP contribution in [0.2, 0.25) is 0 Å². The van der Waals surface area contributed by atoms with Crippen LogP contribution in [0.25, 0.3) is 0 Å². The van der Waals surface area contributed by atoms with Crippen LogP contribution in [0.15, 0.2) is 63.9 Å². The summed E-state index contributed by atoms with van der Waals surface area (Å²) in [6.07, 6.45) is 0.522. The van der Waals surface area contributed by atoms with Gasteiger partial charge in [0.25, 0.3) is 0 Å². The SMILES string of the molecule is COCCN(CC(=O)N(CCc1ccc(OC)c(OC)c1)Cc1ccc(C)o1)S(=O)(=O)c1ccc(C)cc1. The number of ether oxygens (including phenoxy) is 3. The third-order valence-electron chi connectivity index (χ3n) is 6.13. The molecular weight excluding hydrogens is 508 g/mol. The van der Waals surface area contributed by atoms with Crippen molar-refractivity contribution in [3.63, 3.8) is 0 Å². The molecule has 0 radical (unpaired) electrons. The topological polar surface area (TPSA) is 98.5 Å². The molecule has 0 saturated heterocycles. The summed E-state index contributed by atoms with van der Waals surface area (Å²) in [6, 6.07) is 15.8. The monoisotopic (exact) mass is 544 g/mol. The normalized spacial score (nSPS) is 11.5. The quantitative estimate of drug-likeness (QED) is 0.304. The molecule has 206 valence electrons. The summed E-state index contributed by atoms with van der Waals surface area (Å²) in [5.41, 5.74) is 1.89. The molecule has 0 aliphatic rings. The predicted molar refractivity (Wildman–Crippen MR) is 144 cm³/mol. The Balaban J connectivity index is 1.84. The van der Waals surface area contributed by atoms with Crippen molar-refractivity contribution in [2.75, 3.05) is 47.6 Å². The van der Waals surface area contributed by atoms with Gasteiger partial charge in [0, 0.05) is 20.2 Å². The zero-order valence-corrected chi connectivity index (χ0v) is 23.4. The molecular formula is C28H36N2O7S. The van der Waals surface area contributed by atoms with E-state index in [9.17, 15) is 13.2 Å². The number of benzene rings is 2. The van der Waals surface area contributed by atoms with E-state index in [1.54, 1.807) is 43.4 Å². The van der Waals surface area contributed by atoms with E-state index in [4.69, 9.17) is 18.6 Å². The molecule has 0 spiro atoms. The van der Waals surface area contributed by atoms with Crippen LogP contribution >= 0.6 is 0 Å². The Kier molecular flexibility index (Phi) is 10.3. The summed E-state index contributed by atoms with van der Waals surface area (Å²) in [5, 5.41) is 0. The van der Waals surface area contributed by atoms with Crippen molar-refractivity contribution in [3.05, 3.63) is 77.2 Å². The number of hydrogen-bond donors (Lipinski definition) is 0. The number of furan rings is 1. The lowest BCUT2D eigenvalue weighted by Crippen LogP contribution is -2.44. The van der Waals surface area contributed by atoms with Crippen molar-refractivity contribution in [1.82, 2.24) is 9.21 Å². The van der Waals surface area contributed by atoms with Gasteiger partial charge in [0.1, 0.15) is 11.5 Å². The van der Waals surface area contributed by atoms with Gasteiger partial charge in [0.15, 0.2) is 11.5 Å². The highest BCUT2D eigenvalue weighted by Crippen LogP contribution is 2.28. The fourth-order valence-electron chi connectivity index (χ4n) is 3.94. The molecule has 3 aromatic rings. The van der Waals surface area contributed by atoms with E-state index >= 15 is 0 Å². The van der Waals surface area contributed by atoms with Crippen molar-refractivity contribution in [3.8, 4) is 11.5 Å². The van der Waals surface area contributed by atoms with Gasteiger partial charge in [0.05, 0.1) is 38.8 Å². The van der Waals surface area contributed by atoms with Crippen LogP contribution in [0.1, 0.15) is 22.6 Å². The fourth-order valence-corrected chi connectivity index (χ4v) is 5.31. The predicted octanol–water partition coefficient (Wildman–Crippen LogP) is 3.82. The Labute approximate surface area is 225 Å². The highest BCUT2D eigenvalue weighted by molar-refractivity contribution is 7.89. The Hall–Kier alpha value is -3.34. The van der Waals surface area contributed by atoms with Crippen molar-refractivity contribution in [2.24, 2.45) is 0 Å². The van der Waals surface area contributed by atoms with Gasteiger partial charge in [-0.3, -0.25) is 4.79 Å². The minimum absolute atomic E-state index is 0.0435. The molecule has 0 saturated carbocycles. The maximum Gasteiger partial charge on any atom is 0.243 e. The van der Waals surface area contributed by atoms with Crippen LogP contribution in [-0.2, 0) is 32.5 Å². The Morgan fingerprint density at radius 1 is 0.895 bits per heavy atom. The van der Waals surface area contributed by atoms with Gasteiger partial charge in [-0.1, -0.05) is 23.8 Å². The number of nitrogens with zero attached hydrogens (tertiary/aromatic N) is 2. The molecule has 0 atom stereocenters. The highest BCUT2D eigenvalue weighted by Gasteiger charge is 2.28. The average molecular weight is 545 g/mol. The van der Waals surface area contributed by atoms with E-state index in [-0.39, 0.29) is 37.0 Å². The molecule has 0 bridgehead atoms. The summed E-state index contributed by atoms with van der Waals surface area (Å²) >= 11 is 0. The molecule has 9 nitrogen and oxygen atoms in total. The number of sulfonamides is 1. The lowest BCUT2D eigenvalue weighted by atomic mass is 10.1. The second kappa shape index (κ2) is 13.5. The first-order chi connectivity index (χ1) is 18.2. The molecule has 0 aliphatic carbocycles. The van der Waals surface area contributed by atoms with Crippen LogP contribution in [0.5, 0.6) is 11.5 Å². The highest BCUT2D eigenvalue weighted by atomic mass is 32.2. The van der Waals surface area contributed by atoms with E-state index in [1.807, 2.05) is 44.2 Å². The van der Waals surface area contributed by atoms with Crippen molar-refractivity contribution >= 4 is 15.9 Å². The summed E-state index contributed by atoms with van der Waals surface area (Å²) in [4.78, 5) is 15.3. The molecule has 1 aromatic heterocycles. The standard InChI is InChI=1S/C28H36N2O7S/c1-21-6-11-25(12-7-21)38(32,33)30(16-17-34-3)20-28(31)29(19-24-10-8-22(2)37-24)15-14-23-9-13-26(35-4)27(18-23)36-5/h6-13,18H,14-17,19-20H2,1-5H3. The number of methoxy groups -OCH3 is 3. The van der Waals surface area contributed by atoms with Gasteiger partial charge < -0.3 is 23.5 Å². The maximum absolute atomic E-state index is 13.6. The van der Waals surface area contributed by atoms with E-state index in [0.717, 1.165) is 16.9 Å². The zero-order valence-electron chi connectivity index (χ0n) is 22.6. The van der Waals surface area contributed by atoms with Gasteiger partial charge in [-0.2, -0.15) is 4.31 Å². The number of aryl methyl sites for hydroxylation is 2. The molecule has 0 N–H and O–H groups in total. The van der Waals surface area contributed by atoms with Gasteiger partial charge in [-0.15, -0.1) is 0 Å². The Morgan fingerprint density at radius 2 is 1.61 bits per heavy atom. The van der Waals surface area contributed by atoms with Crippen LogP contribution in [0.3, 0.4) is 0 Å². The van der Waals surface area contributed by atoms with E-state index < -0.39 is 10.0 Å². The van der Waals surface area contributed by atoms with Crippen molar-refractivity contribution in [2.45, 2.75) is 31.7 Å². The Morgan fingerprint density at radius 3 is 2.21 bits per heavy atom. The summed E-state index contributed by atoms with van der Waals surface area (Å²) in [6.45, 7) is 4.14. The second-order valence-corrected chi connectivity index (χ2v) is 10.8. The number of carbonyl (C=O) groups excluding carboxylic acids is 1. The maximum atomic E-state index is 13.6. The summed E-state index contributed by atoms with van der Waals surface area (Å²) < 4.78 is 49.6. The molecule has 2 aromatic carbocycles. The Bertz CT molecular complexity index is 1300.